The summed E-state index contributed by atoms with van der Waals surface area (Å²) in [6.07, 6.45) is 0. The van der Waals surface area contributed by atoms with Crippen LogP contribution in [0.1, 0.15) is 0 Å². The minimum Gasteiger partial charge on any atom is -1.00 e. The molecule has 0 rings (SSSR count). The number of hydrogen-bond donors (Lipinski definition) is 0. The molecule has 0 saturated carbocycles. The Morgan fingerprint density at radius 1 is 0.375 bits per heavy atom. The van der Waals surface area contributed by atoms with Crippen molar-refractivity contribution in [3.63, 3.8) is 0 Å². The molecule has 0 aliphatic carbocycles. The van der Waals surface area contributed by atoms with Crippen LogP contribution in [0.2, 0.25) is 0 Å². The van der Waals surface area contributed by atoms with E-state index < -0.39 is 0 Å². The average Bonchev–Trinajstić information content (AvgIpc) is 0. The summed E-state index contributed by atoms with van der Waals surface area (Å²) < 4.78 is 0. The summed E-state index contributed by atoms with van der Waals surface area (Å²) in [4.78, 5) is 0. The van der Waals surface area contributed by atoms with Crippen LogP contribution in [0.15, 0.2) is 0 Å². The fourth-order valence-electron chi connectivity index (χ4n) is 0. The van der Waals surface area contributed by atoms with Crippen LogP contribution >= 0.6 is 0 Å². The van der Waals surface area contributed by atoms with Gasteiger partial charge < -0.3 is 23.5 Å². The third-order valence-corrected chi connectivity index (χ3v) is 0. The molecule has 8 heteroatoms. The van der Waals surface area contributed by atoms with Gasteiger partial charge in [-0.25, -0.2) is 0 Å². The Hall–Kier alpha value is 2.77. The van der Waals surface area contributed by atoms with E-state index in [9.17, 15) is 0 Å². The van der Waals surface area contributed by atoms with E-state index in [0.29, 0.717) is 0 Å². The molecule has 0 aliphatic heterocycles. The molecule has 0 bridgehead atoms. The zero-order valence-electron chi connectivity index (χ0n) is 4.30. The van der Waals surface area contributed by atoms with Crippen molar-refractivity contribution in [3.8, 4) is 0 Å². The van der Waals surface area contributed by atoms with Crippen molar-refractivity contribution in [2.75, 3.05) is 0 Å². The fourth-order valence-corrected chi connectivity index (χ4v) is 0. The van der Waals surface area contributed by atoms with E-state index in [2.05, 4.69) is 0 Å². The van der Waals surface area contributed by atoms with Crippen LogP contribution < -0.4 is 42.4 Å². The van der Waals surface area contributed by atoms with Gasteiger partial charge in [0.25, 0.3) is 0 Å². The molecule has 0 heterocycles. The Labute approximate surface area is 116 Å². The molecule has 0 nitrogen and oxygen atoms in total. The van der Waals surface area contributed by atoms with Crippen LogP contribution in [0.5, 0.6) is 0 Å². The van der Waals surface area contributed by atoms with E-state index in [1.807, 2.05) is 0 Å². The molecule has 0 radical (unpaired) electrons. The largest absolute Gasteiger partial charge is 2.00 e. The molecule has 0 aromatic rings. The van der Waals surface area contributed by atoms with E-state index in [1.165, 1.54) is 0 Å². The van der Waals surface area contributed by atoms with Gasteiger partial charge in [0.05, 0.1) is 0 Å². The van der Waals surface area contributed by atoms with Crippen molar-refractivity contribution in [2.24, 2.45) is 0 Å². The fraction of sp³-hybridized carbons (Fsp3) is 0. The molecule has 0 aromatic carbocycles. The molecule has 0 N–H and O–H groups in total. The first kappa shape index (κ1) is 134. The van der Waals surface area contributed by atoms with Gasteiger partial charge in [0.2, 0.25) is 0 Å². The Balaban J connectivity index is 0. The van der Waals surface area contributed by atoms with E-state index in [0.717, 1.165) is 0 Å². The smallest absolute Gasteiger partial charge is 1.00 e. The maximum absolute atomic E-state index is 0. The first-order chi connectivity index (χ1) is 0. The van der Waals surface area contributed by atoms with Crippen molar-refractivity contribution in [1.29, 1.82) is 0 Å². The van der Waals surface area contributed by atoms with Gasteiger partial charge in [0.15, 0.2) is 0 Å². The second kappa shape index (κ2) is 98.1. The minimum absolute atomic E-state index is 0. The summed E-state index contributed by atoms with van der Waals surface area (Å²) in [6, 6.07) is 0. The van der Waals surface area contributed by atoms with Gasteiger partial charge in [-0.3, -0.25) is 0 Å². The summed E-state index contributed by atoms with van der Waals surface area (Å²) in [5.74, 6) is 0. The SMILES string of the molecule is [Ca+2].[Ca+2].[F-].[F-].[F-].[F-].[F-].[Li+]. The molecule has 0 spiro atoms. The van der Waals surface area contributed by atoms with Gasteiger partial charge in [-0.15, -0.1) is 0 Å². The van der Waals surface area contributed by atoms with Crippen LogP contribution in [0, 0.1) is 0 Å². The van der Waals surface area contributed by atoms with Crippen molar-refractivity contribution < 1.29 is 42.4 Å². The predicted octanol–water partition coefficient (Wildman–Crippen LogP) is -18.7. The quantitative estimate of drug-likeness (QED) is 0.258. The zero-order chi connectivity index (χ0) is 0. The maximum Gasteiger partial charge on any atom is 2.00 e. The Kier molecular flexibility index (Phi) is 1640. The number of halogens is 5. The molecular formula is Ca2F5Li. The maximum atomic E-state index is 0. The first-order valence-electron chi connectivity index (χ1n) is 0. The zero-order valence-corrected chi connectivity index (χ0v) is 8.72. The van der Waals surface area contributed by atoms with Crippen LogP contribution in [-0.2, 0) is 0 Å². The molecule has 0 aliphatic rings. The Morgan fingerprint density at radius 2 is 0.375 bits per heavy atom. The average molecular weight is 182 g/mol. The molecule has 0 atom stereocenters. The van der Waals surface area contributed by atoms with E-state index >= 15 is 0 Å². The molecule has 40 valence electrons. The van der Waals surface area contributed by atoms with Gasteiger partial charge in [-0.2, -0.15) is 0 Å². The molecular weight excluding hydrogens is 182 g/mol. The van der Waals surface area contributed by atoms with Gasteiger partial charge >= 0.3 is 94.3 Å². The summed E-state index contributed by atoms with van der Waals surface area (Å²) >= 11 is 0. The summed E-state index contributed by atoms with van der Waals surface area (Å²) in [5.41, 5.74) is 0. The van der Waals surface area contributed by atoms with Crippen molar-refractivity contribution in [3.05, 3.63) is 0 Å². The van der Waals surface area contributed by atoms with Gasteiger partial charge in [-0.05, 0) is 0 Å². The van der Waals surface area contributed by atoms with Gasteiger partial charge in [-0.1, -0.05) is 0 Å². The normalized spacial score (nSPS) is 0. The summed E-state index contributed by atoms with van der Waals surface area (Å²) in [7, 11) is 0. The third-order valence-electron chi connectivity index (χ3n) is 0. The number of hydrogen-bond acceptors (Lipinski definition) is 0. The van der Waals surface area contributed by atoms with E-state index in [-0.39, 0.29) is 118 Å². The molecule has 0 fully saturated rings. The van der Waals surface area contributed by atoms with Crippen LogP contribution in [0.4, 0.5) is 0 Å². The van der Waals surface area contributed by atoms with Crippen LogP contribution in [0.3, 0.4) is 0 Å². The second-order valence-electron chi connectivity index (χ2n) is 0. The van der Waals surface area contributed by atoms with E-state index in [1.54, 1.807) is 0 Å². The Bertz CT molecular complexity index is 10.4. The molecule has 8 heavy (non-hydrogen) atoms. The monoisotopic (exact) mass is 182 g/mol. The third kappa shape index (κ3) is 69.1. The van der Waals surface area contributed by atoms with Gasteiger partial charge in [0.1, 0.15) is 0 Å². The standard InChI is InChI=1S/2Ca.5FH.Li/h;;5*1H;/q2*+2;;;;;;+1/p-5. The molecule has 0 aromatic heterocycles. The predicted molar refractivity (Wildman–Crippen MR) is 11.5 cm³/mol. The van der Waals surface area contributed by atoms with Crippen molar-refractivity contribution in [1.82, 2.24) is 0 Å². The topological polar surface area (TPSA) is 0 Å². The van der Waals surface area contributed by atoms with Crippen LogP contribution in [-0.4, -0.2) is 75.5 Å². The van der Waals surface area contributed by atoms with Crippen LogP contribution in [0.25, 0.3) is 0 Å². The molecule has 0 unspecified atom stereocenters. The summed E-state index contributed by atoms with van der Waals surface area (Å²) in [5, 5.41) is 0. The van der Waals surface area contributed by atoms with Gasteiger partial charge in [0, 0.05) is 0 Å². The minimum atomic E-state index is 0. The molecule has 0 saturated heterocycles. The van der Waals surface area contributed by atoms with Crippen molar-refractivity contribution >= 4 is 75.5 Å². The van der Waals surface area contributed by atoms with Crippen molar-refractivity contribution in [2.45, 2.75) is 0 Å². The van der Waals surface area contributed by atoms with E-state index in [4.69, 9.17) is 0 Å². The Morgan fingerprint density at radius 3 is 0.375 bits per heavy atom. The summed E-state index contributed by atoms with van der Waals surface area (Å²) in [6.45, 7) is 0. The first-order valence-corrected chi connectivity index (χ1v) is 0. The second-order valence-corrected chi connectivity index (χ2v) is 0. The number of rotatable bonds is 0. The molecule has 0 amide bonds.